The van der Waals surface area contributed by atoms with Crippen molar-refractivity contribution in [3.05, 3.63) is 34.7 Å². The molecule has 25 heavy (non-hydrogen) atoms. The van der Waals surface area contributed by atoms with Gasteiger partial charge in [-0.25, -0.2) is 0 Å². The Labute approximate surface area is 154 Å². The SMILES string of the molecule is COc1cccc(/C=C2/SC(=S)N(CCC(=O)NNC(C)=O)C2=O)c1. The van der Waals surface area contributed by atoms with E-state index in [1.165, 1.54) is 23.6 Å². The smallest absolute Gasteiger partial charge is 0.266 e. The topological polar surface area (TPSA) is 87.7 Å². The first-order valence-corrected chi connectivity index (χ1v) is 8.58. The minimum atomic E-state index is -0.402. The Morgan fingerprint density at radius 3 is 2.80 bits per heavy atom. The lowest BCUT2D eigenvalue weighted by Gasteiger charge is -2.14. The van der Waals surface area contributed by atoms with Crippen LogP contribution in [0.4, 0.5) is 0 Å². The summed E-state index contributed by atoms with van der Waals surface area (Å²) < 4.78 is 5.56. The van der Waals surface area contributed by atoms with Crippen molar-refractivity contribution in [3.63, 3.8) is 0 Å². The molecule has 0 unspecified atom stereocenters. The normalized spacial score (nSPS) is 15.4. The van der Waals surface area contributed by atoms with E-state index in [1.807, 2.05) is 24.3 Å². The van der Waals surface area contributed by atoms with E-state index in [4.69, 9.17) is 17.0 Å². The van der Waals surface area contributed by atoms with Crippen molar-refractivity contribution in [2.45, 2.75) is 13.3 Å². The zero-order valence-corrected chi connectivity index (χ0v) is 15.3. The van der Waals surface area contributed by atoms with Gasteiger partial charge in [-0.05, 0) is 23.8 Å². The molecule has 1 fully saturated rings. The highest BCUT2D eigenvalue weighted by Gasteiger charge is 2.32. The lowest BCUT2D eigenvalue weighted by atomic mass is 10.2. The maximum absolute atomic E-state index is 12.5. The molecule has 2 rings (SSSR count). The zero-order chi connectivity index (χ0) is 18.4. The van der Waals surface area contributed by atoms with Crippen LogP contribution in [0.1, 0.15) is 18.9 Å². The molecular formula is C16H17N3O4S2. The van der Waals surface area contributed by atoms with E-state index in [-0.39, 0.29) is 24.8 Å². The van der Waals surface area contributed by atoms with Gasteiger partial charge in [0.15, 0.2) is 0 Å². The van der Waals surface area contributed by atoms with Crippen molar-refractivity contribution in [1.82, 2.24) is 15.8 Å². The Kier molecular flexibility index (Phi) is 6.54. The second-order valence-electron chi connectivity index (χ2n) is 5.09. The summed E-state index contributed by atoms with van der Waals surface area (Å²) >= 11 is 6.41. The summed E-state index contributed by atoms with van der Waals surface area (Å²) in [6, 6.07) is 7.32. The van der Waals surface area contributed by atoms with Gasteiger partial charge in [-0.15, -0.1) is 0 Å². The maximum Gasteiger partial charge on any atom is 0.266 e. The lowest BCUT2D eigenvalue weighted by molar-refractivity contribution is -0.128. The Bertz CT molecular complexity index is 749. The maximum atomic E-state index is 12.5. The number of thioether (sulfide) groups is 1. The molecule has 0 aliphatic carbocycles. The number of thiocarbonyl (C=S) groups is 1. The molecule has 1 aromatic rings. The first-order chi connectivity index (χ1) is 11.9. The quantitative estimate of drug-likeness (QED) is 0.457. The highest BCUT2D eigenvalue weighted by atomic mass is 32.2. The first-order valence-electron chi connectivity index (χ1n) is 7.35. The fraction of sp³-hybridized carbons (Fsp3) is 0.250. The van der Waals surface area contributed by atoms with Crippen LogP contribution >= 0.6 is 24.0 Å². The number of carbonyl (C=O) groups is 3. The van der Waals surface area contributed by atoms with Crippen LogP contribution in [0.5, 0.6) is 5.75 Å². The number of hydrazine groups is 1. The number of ether oxygens (including phenoxy) is 1. The number of nitrogens with zero attached hydrogens (tertiary/aromatic N) is 1. The van der Waals surface area contributed by atoms with Gasteiger partial charge >= 0.3 is 0 Å². The van der Waals surface area contributed by atoms with Crippen molar-refractivity contribution < 1.29 is 19.1 Å². The molecule has 1 aromatic carbocycles. The van der Waals surface area contributed by atoms with Crippen molar-refractivity contribution in [3.8, 4) is 5.75 Å². The van der Waals surface area contributed by atoms with Gasteiger partial charge in [-0.3, -0.25) is 30.1 Å². The van der Waals surface area contributed by atoms with Crippen LogP contribution in [0.3, 0.4) is 0 Å². The Morgan fingerprint density at radius 1 is 1.36 bits per heavy atom. The second kappa shape index (κ2) is 8.63. The van der Waals surface area contributed by atoms with E-state index in [0.29, 0.717) is 15.0 Å². The summed E-state index contributed by atoms with van der Waals surface area (Å²) in [6.45, 7) is 1.43. The summed E-state index contributed by atoms with van der Waals surface area (Å²) in [5.74, 6) is -0.328. The number of methoxy groups -OCH3 is 1. The van der Waals surface area contributed by atoms with Crippen molar-refractivity contribution in [1.29, 1.82) is 0 Å². The van der Waals surface area contributed by atoms with E-state index >= 15 is 0 Å². The molecule has 0 aromatic heterocycles. The standard InChI is InChI=1S/C16H17N3O4S2/c1-10(20)17-18-14(21)6-7-19-15(22)13(25-16(19)24)9-11-4-3-5-12(8-11)23-2/h3-5,8-9H,6-7H2,1-2H3,(H,17,20)(H,18,21)/b13-9+. The van der Waals surface area contributed by atoms with Crippen molar-refractivity contribution in [2.75, 3.05) is 13.7 Å². The van der Waals surface area contributed by atoms with Gasteiger partial charge in [0.1, 0.15) is 10.1 Å². The summed E-state index contributed by atoms with van der Waals surface area (Å²) in [6.07, 6.45) is 1.76. The summed E-state index contributed by atoms with van der Waals surface area (Å²) in [7, 11) is 1.57. The number of hydrogen-bond donors (Lipinski definition) is 2. The van der Waals surface area contributed by atoms with Crippen molar-refractivity contribution in [2.24, 2.45) is 0 Å². The zero-order valence-electron chi connectivity index (χ0n) is 13.7. The Hall–Kier alpha value is -2.39. The molecule has 0 spiro atoms. The molecule has 132 valence electrons. The largest absolute Gasteiger partial charge is 0.497 e. The minimum absolute atomic E-state index is 0.0269. The molecule has 7 nitrogen and oxygen atoms in total. The predicted molar refractivity (Wildman–Crippen MR) is 99.4 cm³/mol. The van der Waals surface area contributed by atoms with E-state index in [9.17, 15) is 14.4 Å². The molecule has 0 saturated carbocycles. The van der Waals surface area contributed by atoms with Crippen LogP contribution in [0.15, 0.2) is 29.2 Å². The molecule has 0 atom stereocenters. The van der Waals surface area contributed by atoms with Crippen LogP contribution in [-0.4, -0.2) is 40.6 Å². The Morgan fingerprint density at radius 2 is 2.12 bits per heavy atom. The fourth-order valence-corrected chi connectivity index (χ4v) is 3.32. The number of rotatable bonds is 5. The highest BCUT2D eigenvalue weighted by Crippen LogP contribution is 2.32. The number of hydrogen-bond acceptors (Lipinski definition) is 6. The van der Waals surface area contributed by atoms with Gasteiger partial charge in [0.2, 0.25) is 11.8 Å². The third kappa shape index (κ3) is 5.30. The molecule has 2 N–H and O–H groups in total. The van der Waals surface area contributed by atoms with Crippen LogP contribution in [0.2, 0.25) is 0 Å². The van der Waals surface area contributed by atoms with Crippen LogP contribution in [0, 0.1) is 0 Å². The van der Waals surface area contributed by atoms with Crippen LogP contribution in [-0.2, 0) is 14.4 Å². The average Bonchev–Trinajstić information content (AvgIpc) is 2.84. The first kappa shape index (κ1) is 18.9. The van der Waals surface area contributed by atoms with Crippen molar-refractivity contribution >= 4 is 52.1 Å². The molecular weight excluding hydrogens is 362 g/mol. The van der Waals surface area contributed by atoms with Gasteiger partial charge in [-0.1, -0.05) is 36.1 Å². The molecule has 1 heterocycles. The van der Waals surface area contributed by atoms with E-state index in [1.54, 1.807) is 13.2 Å². The van der Waals surface area contributed by atoms with Gasteiger partial charge in [0.25, 0.3) is 5.91 Å². The summed E-state index contributed by atoms with van der Waals surface area (Å²) in [4.78, 5) is 36.7. The van der Waals surface area contributed by atoms with Gasteiger partial charge < -0.3 is 4.74 Å². The molecule has 9 heteroatoms. The molecule has 1 saturated heterocycles. The van der Waals surface area contributed by atoms with Crippen LogP contribution < -0.4 is 15.6 Å². The van der Waals surface area contributed by atoms with E-state index < -0.39 is 5.91 Å². The van der Waals surface area contributed by atoms with Gasteiger partial charge in [0.05, 0.1) is 12.0 Å². The molecule has 3 amide bonds. The summed E-state index contributed by atoms with van der Waals surface area (Å²) in [5.41, 5.74) is 5.26. The number of nitrogens with one attached hydrogen (secondary N) is 2. The number of benzene rings is 1. The molecule has 0 radical (unpaired) electrons. The average molecular weight is 379 g/mol. The molecule has 1 aliphatic rings. The lowest BCUT2D eigenvalue weighted by Crippen LogP contribution is -2.42. The van der Waals surface area contributed by atoms with Gasteiger partial charge in [0, 0.05) is 19.9 Å². The summed E-state index contributed by atoms with van der Waals surface area (Å²) in [5, 5.41) is 0. The minimum Gasteiger partial charge on any atom is -0.497 e. The van der Waals surface area contributed by atoms with E-state index in [0.717, 1.165) is 5.56 Å². The highest BCUT2D eigenvalue weighted by molar-refractivity contribution is 8.26. The number of carbonyl (C=O) groups excluding carboxylic acids is 3. The molecule has 0 bridgehead atoms. The number of amides is 3. The fourth-order valence-electron chi connectivity index (χ4n) is 2.01. The molecule has 1 aliphatic heterocycles. The van der Waals surface area contributed by atoms with Crippen LogP contribution in [0.25, 0.3) is 6.08 Å². The second-order valence-corrected chi connectivity index (χ2v) is 6.77. The monoisotopic (exact) mass is 379 g/mol. The predicted octanol–water partition coefficient (Wildman–Crippen LogP) is 1.45. The van der Waals surface area contributed by atoms with E-state index in [2.05, 4.69) is 10.9 Å². The van der Waals surface area contributed by atoms with Gasteiger partial charge in [-0.2, -0.15) is 0 Å². The Balaban J connectivity index is 2.00. The third-order valence-electron chi connectivity index (χ3n) is 3.21. The third-order valence-corrected chi connectivity index (χ3v) is 4.58.